The van der Waals surface area contributed by atoms with Gasteiger partial charge in [0.15, 0.2) is 0 Å². The van der Waals surface area contributed by atoms with Gasteiger partial charge in [0.05, 0.1) is 16.5 Å². The third kappa shape index (κ3) is 11.1. The Morgan fingerprint density at radius 1 is 1.11 bits per heavy atom. The zero-order valence-corrected chi connectivity index (χ0v) is 30.9. The first-order valence-corrected chi connectivity index (χ1v) is 19.0. The molecule has 45 heavy (non-hydrogen) atoms. The third-order valence-corrected chi connectivity index (χ3v) is 10.4. The zero-order chi connectivity index (χ0) is 32.9. The van der Waals surface area contributed by atoms with Gasteiger partial charge in [-0.1, -0.05) is 52.3 Å². The van der Waals surface area contributed by atoms with Crippen LogP contribution in [0.5, 0.6) is 5.75 Å². The number of aromatic nitrogens is 1. The second-order valence-corrected chi connectivity index (χ2v) is 15.2. The molecule has 1 unspecified atom stereocenters. The van der Waals surface area contributed by atoms with Crippen molar-refractivity contribution < 1.29 is 4.74 Å². The van der Waals surface area contributed by atoms with Crippen molar-refractivity contribution in [2.75, 3.05) is 45.7 Å². The van der Waals surface area contributed by atoms with Gasteiger partial charge in [-0.15, -0.1) is 11.3 Å². The number of piperidine rings is 1. The highest BCUT2D eigenvalue weighted by Crippen LogP contribution is 2.41. The summed E-state index contributed by atoms with van der Waals surface area (Å²) in [6, 6.07) is 15.4. The van der Waals surface area contributed by atoms with Crippen molar-refractivity contribution in [3.63, 3.8) is 0 Å². The molecule has 0 spiro atoms. The fraction of sp³-hybridized carbons (Fsp3) is 0.579. The van der Waals surface area contributed by atoms with Crippen LogP contribution in [0.25, 0.3) is 21.0 Å². The van der Waals surface area contributed by atoms with Gasteiger partial charge in [0.1, 0.15) is 16.8 Å². The van der Waals surface area contributed by atoms with Gasteiger partial charge in [-0.05, 0) is 120 Å². The summed E-state index contributed by atoms with van der Waals surface area (Å²) < 4.78 is 5.72. The van der Waals surface area contributed by atoms with Crippen LogP contribution in [0.4, 0.5) is 0 Å². The van der Waals surface area contributed by atoms with Gasteiger partial charge in [-0.3, -0.25) is 0 Å². The van der Waals surface area contributed by atoms with Crippen molar-refractivity contribution in [2.24, 2.45) is 5.92 Å². The van der Waals surface area contributed by atoms with Crippen molar-refractivity contribution >= 4 is 23.1 Å². The maximum absolute atomic E-state index is 9.47. The molecule has 0 N–H and O–H groups in total. The average molecular weight is 649 g/mol. The van der Waals surface area contributed by atoms with Gasteiger partial charge in [-0.2, -0.15) is 17.0 Å². The molecule has 3 aromatic rings. The van der Waals surface area contributed by atoms with Crippen LogP contribution in [0.15, 0.2) is 42.6 Å². The van der Waals surface area contributed by atoms with E-state index in [-0.39, 0.29) is 6.10 Å². The number of benzene rings is 2. The molecule has 0 bridgehead atoms. The van der Waals surface area contributed by atoms with E-state index in [0.717, 1.165) is 29.0 Å². The van der Waals surface area contributed by atoms with Gasteiger partial charge in [0.25, 0.3) is 0 Å². The Morgan fingerprint density at radius 3 is 2.42 bits per heavy atom. The van der Waals surface area contributed by atoms with E-state index in [1.165, 1.54) is 72.6 Å². The van der Waals surface area contributed by atoms with E-state index in [1.54, 1.807) is 11.3 Å². The maximum atomic E-state index is 9.47. The summed E-state index contributed by atoms with van der Waals surface area (Å²) in [7, 11) is 4.39. The molecule has 1 aliphatic heterocycles. The van der Waals surface area contributed by atoms with Crippen molar-refractivity contribution in [1.82, 2.24) is 14.8 Å². The Morgan fingerprint density at radius 2 is 1.82 bits per heavy atom. The molecular formula is C38H56N4OS2. The molecule has 1 aromatic heterocycles. The first kappa shape index (κ1) is 37.1. The van der Waals surface area contributed by atoms with Crippen LogP contribution >= 0.6 is 23.1 Å². The number of ether oxygens (including phenoxy) is 1. The zero-order valence-electron chi connectivity index (χ0n) is 29.2. The van der Waals surface area contributed by atoms with Crippen LogP contribution in [0.2, 0.25) is 0 Å². The van der Waals surface area contributed by atoms with E-state index in [4.69, 9.17) is 4.74 Å². The highest BCUT2D eigenvalue weighted by atomic mass is 32.2. The molecule has 1 saturated heterocycles. The number of thioether (sulfide) groups is 1. The van der Waals surface area contributed by atoms with Gasteiger partial charge >= 0.3 is 0 Å². The van der Waals surface area contributed by atoms with E-state index >= 15 is 0 Å². The molecule has 5 rings (SSSR count). The monoisotopic (exact) mass is 648 g/mol. The van der Waals surface area contributed by atoms with Crippen molar-refractivity contribution in [2.45, 2.75) is 91.7 Å². The molecule has 2 heterocycles. The Hall–Kier alpha value is -2.37. The molecule has 2 aliphatic rings. The van der Waals surface area contributed by atoms with Gasteiger partial charge in [-0.25, -0.2) is 4.98 Å². The van der Waals surface area contributed by atoms with E-state index in [2.05, 4.69) is 87.1 Å². The molecule has 1 atom stereocenters. The smallest absolute Gasteiger partial charge is 0.137 e. The van der Waals surface area contributed by atoms with Crippen LogP contribution in [0.1, 0.15) is 89.8 Å². The topological polar surface area (TPSA) is 52.4 Å². The number of nitriles is 1. The SMILES string of the molecule is CC(C)Oc1ccc(-c2ncc(-c3cccc4c3CCC4C)s2)cc1C#N.CCC(C)C.CSCCN1CCC(N(C)C)CC1. The first-order valence-electron chi connectivity index (χ1n) is 16.7. The summed E-state index contributed by atoms with van der Waals surface area (Å²) in [5, 5.41) is 10.4. The fourth-order valence-corrected chi connectivity index (χ4v) is 7.02. The number of hydrogen-bond acceptors (Lipinski definition) is 7. The largest absolute Gasteiger partial charge is 0.490 e. The Bertz CT molecular complexity index is 1350. The minimum atomic E-state index is 0.0389. The highest BCUT2D eigenvalue weighted by Gasteiger charge is 2.23. The lowest BCUT2D eigenvalue weighted by Gasteiger charge is -2.35. The molecule has 5 nitrogen and oxygen atoms in total. The second kappa shape index (κ2) is 18.7. The number of likely N-dealkylation sites (tertiary alicyclic amines) is 1. The summed E-state index contributed by atoms with van der Waals surface area (Å²) >= 11 is 3.63. The molecule has 246 valence electrons. The quantitative estimate of drug-likeness (QED) is 0.230. The molecule has 2 aromatic carbocycles. The van der Waals surface area contributed by atoms with Crippen LogP contribution in [0, 0.1) is 17.2 Å². The van der Waals surface area contributed by atoms with Crippen LogP contribution < -0.4 is 4.74 Å². The minimum Gasteiger partial charge on any atom is -0.490 e. The molecule has 0 radical (unpaired) electrons. The number of thiazole rings is 1. The molecule has 1 aliphatic carbocycles. The van der Waals surface area contributed by atoms with Crippen molar-refractivity contribution in [3.05, 3.63) is 59.3 Å². The number of hydrogen-bond donors (Lipinski definition) is 0. The molecule has 7 heteroatoms. The second-order valence-electron chi connectivity index (χ2n) is 13.2. The summed E-state index contributed by atoms with van der Waals surface area (Å²) in [6.45, 7) is 16.7. The van der Waals surface area contributed by atoms with Crippen molar-refractivity contribution in [3.8, 4) is 32.8 Å². The van der Waals surface area contributed by atoms with Crippen molar-refractivity contribution in [1.29, 1.82) is 5.26 Å². The summed E-state index contributed by atoms with van der Waals surface area (Å²) in [5.41, 5.74) is 5.76. The molecule has 0 amide bonds. The van der Waals surface area contributed by atoms with Crippen LogP contribution in [-0.2, 0) is 6.42 Å². The Kier molecular flexibility index (Phi) is 15.4. The predicted molar refractivity (Wildman–Crippen MR) is 197 cm³/mol. The van der Waals surface area contributed by atoms with E-state index in [1.807, 2.05) is 50.0 Å². The summed E-state index contributed by atoms with van der Waals surface area (Å²) in [5.74, 6) is 3.43. The number of nitrogens with zero attached hydrogens (tertiary/aromatic N) is 4. The van der Waals surface area contributed by atoms with Crippen LogP contribution in [0.3, 0.4) is 0 Å². The maximum Gasteiger partial charge on any atom is 0.137 e. The number of fused-ring (bicyclic) bond motifs is 1. The fourth-order valence-electron chi connectivity index (χ4n) is 5.61. The third-order valence-electron chi connectivity index (χ3n) is 8.77. The molecule has 1 fully saturated rings. The van der Waals surface area contributed by atoms with E-state index < -0.39 is 0 Å². The lowest BCUT2D eigenvalue weighted by atomic mass is 9.99. The number of rotatable bonds is 9. The van der Waals surface area contributed by atoms with Crippen LogP contribution in [-0.4, -0.2) is 72.7 Å². The van der Waals surface area contributed by atoms with Gasteiger partial charge < -0.3 is 14.5 Å². The lowest BCUT2D eigenvalue weighted by molar-refractivity contribution is 0.151. The highest BCUT2D eigenvalue weighted by molar-refractivity contribution is 7.98. The van der Waals surface area contributed by atoms with Gasteiger partial charge in [0.2, 0.25) is 0 Å². The Balaban J connectivity index is 0.000000255. The first-order chi connectivity index (χ1) is 21.6. The Labute approximate surface area is 282 Å². The normalized spacial score (nSPS) is 16.6. The molecular weight excluding hydrogens is 593 g/mol. The van der Waals surface area contributed by atoms with E-state index in [9.17, 15) is 5.26 Å². The summed E-state index contributed by atoms with van der Waals surface area (Å²) in [6.07, 6.45) is 10.6. The molecule has 0 saturated carbocycles. The lowest BCUT2D eigenvalue weighted by Crippen LogP contribution is -2.42. The average Bonchev–Trinajstić information content (AvgIpc) is 3.68. The van der Waals surface area contributed by atoms with Gasteiger partial charge in [0, 0.05) is 30.1 Å². The minimum absolute atomic E-state index is 0.0389. The van der Waals surface area contributed by atoms with E-state index in [0.29, 0.717) is 17.2 Å². The predicted octanol–water partition coefficient (Wildman–Crippen LogP) is 9.61. The summed E-state index contributed by atoms with van der Waals surface area (Å²) in [4.78, 5) is 10.8. The standard InChI is InChI=1S/C23H22N2OS.C10H22N2S.C5H12/c1-14(2)26-21-10-8-16(11-17(21)12-24)23-25-13-22(27-23)20-6-4-5-18-15(3)7-9-19(18)20;1-11(2)10-4-6-12(7-5-10)8-9-13-3;1-4-5(2)3/h4-6,8,10-11,13-15H,7,9H2,1-3H3;10H,4-9H2,1-3H3;5H,4H2,1-3H3.